The molecule has 0 amide bonds. The van der Waals surface area contributed by atoms with Crippen molar-refractivity contribution in [2.75, 3.05) is 12.3 Å². The van der Waals surface area contributed by atoms with Gasteiger partial charge in [0.05, 0.1) is 11.4 Å². The summed E-state index contributed by atoms with van der Waals surface area (Å²) in [4.78, 5) is 4.65. The summed E-state index contributed by atoms with van der Waals surface area (Å²) in [6.45, 7) is 6.42. The van der Waals surface area contributed by atoms with Gasteiger partial charge in [-0.15, -0.1) is 4.72 Å². The highest BCUT2D eigenvalue weighted by Crippen LogP contribution is 2.53. The molecule has 1 aromatic carbocycles. The summed E-state index contributed by atoms with van der Waals surface area (Å²) in [6.07, 6.45) is 4.70. The molecule has 1 saturated carbocycles. The topological polar surface area (TPSA) is 74.0 Å². The Morgan fingerprint density at radius 3 is 2.56 bits per heavy atom. The maximum absolute atomic E-state index is 13.8. The highest BCUT2D eigenvalue weighted by Gasteiger charge is 2.48. The Bertz CT molecular complexity index is 777. The van der Waals surface area contributed by atoms with Crippen LogP contribution < -0.4 is 10.5 Å². The van der Waals surface area contributed by atoms with Gasteiger partial charge in [0.15, 0.2) is 0 Å². The summed E-state index contributed by atoms with van der Waals surface area (Å²) in [7, 11) is 0. The number of rotatable bonds is 7. The fourth-order valence-corrected chi connectivity index (χ4v) is 4.37. The molecule has 3 N–H and O–H groups in total. The molecule has 27 heavy (non-hydrogen) atoms. The molecule has 3 rings (SSSR count). The van der Waals surface area contributed by atoms with E-state index in [2.05, 4.69) is 9.71 Å². The first-order valence-electron chi connectivity index (χ1n) is 9.37. The van der Waals surface area contributed by atoms with Crippen molar-refractivity contribution >= 4 is 17.0 Å². The lowest BCUT2D eigenvalue weighted by molar-refractivity contribution is 0.399. The summed E-state index contributed by atoms with van der Waals surface area (Å²) < 4.78 is 29.1. The monoisotopic (exact) mass is 389 g/mol. The van der Waals surface area contributed by atoms with Crippen LogP contribution in [0.3, 0.4) is 0 Å². The highest BCUT2D eigenvalue weighted by molar-refractivity contribution is 7.90. The zero-order valence-corrected chi connectivity index (χ0v) is 17.0. The van der Waals surface area contributed by atoms with Gasteiger partial charge in [0.2, 0.25) is 0 Å². The third-order valence-electron chi connectivity index (χ3n) is 5.22. The van der Waals surface area contributed by atoms with E-state index < -0.39 is 17.2 Å². The quantitative estimate of drug-likeness (QED) is 0.556. The lowest BCUT2D eigenvalue weighted by atomic mass is 9.70. The maximum Gasteiger partial charge on any atom is 0.146 e. The molecular formula is C21H28FN3OS. The van der Waals surface area contributed by atoms with Gasteiger partial charge in [0.25, 0.3) is 0 Å². The van der Waals surface area contributed by atoms with Gasteiger partial charge in [-0.25, -0.2) is 4.39 Å². The molecule has 2 atom stereocenters. The van der Waals surface area contributed by atoms with Crippen LogP contribution in [0.25, 0.3) is 0 Å². The second kappa shape index (κ2) is 7.78. The van der Waals surface area contributed by atoms with Gasteiger partial charge in [0.1, 0.15) is 10.6 Å². The minimum absolute atomic E-state index is 0.152. The number of nitrogens with zero attached hydrogens (tertiary/aromatic N) is 1. The Hall–Kier alpha value is -1.63. The second-order valence-corrected chi connectivity index (χ2v) is 10.3. The zero-order valence-electron chi connectivity index (χ0n) is 16.2. The standard InChI is InChI=1S/C21H28FN3OS/c1-20(2,3)27(26)25-13-11-21(15-7-8-15,19-6-4-5-12-24-19)16-9-10-17(22)18(23)14-16/h4-6,9-10,12,14-15,25H,7-8,11,13,23H2,1-3H3/t21-,27?/m0/s1. The molecular weight excluding hydrogens is 361 g/mol. The molecule has 0 radical (unpaired) electrons. The van der Waals surface area contributed by atoms with Crippen LogP contribution in [0.1, 0.15) is 51.3 Å². The molecule has 0 aliphatic heterocycles. The predicted octanol–water partition coefficient (Wildman–Crippen LogP) is 3.94. The van der Waals surface area contributed by atoms with E-state index in [-0.39, 0.29) is 15.8 Å². The van der Waals surface area contributed by atoms with Gasteiger partial charge in [-0.3, -0.25) is 4.98 Å². The lowest BCUT2D eigenvalue weighted by Gasteiger charge is -2.35. The number of nitrogens with one attached hydrogen (secondary N) is 1. The summed E-state index contributed by atoms with van der Waals surface area (Å²) in [6, 6.07) is 10.9. The number of pyridine rings is 1. The van der Waals surface area contributed by atoms with E-state index in [1.807, 2.05) is 45.0 Å². The number of benzene rings is 1. The molecule has 1 aromatic heterocycles. The van der Waals surface area contributed by atoms with E-state index in [0.717, 1.165) is 30.5 Å². The van der Waals surface area contributed by atoms with Crippen molar-refractivity contribution in [2.45, 2.75) is 50.2 Å². The fraction of sp³-hybridized carbons (Fsp3) is 0.476. The van der Waals surface area contributed by atoms with Crippen LogP contribution >= 0.6 is 0 Å². The molecule has 146 valence electrons. The number of hydrogen-bond donors (Lipinski definition) is 2. The van der Waals surface area contributed by atoms with Gasteiger partial charge in [-0.2, -0.15) is 0 Å². The van der Waals surface area contributed by atoms with E-state index in [4.69, 9.17) is 5.73 Å². The smallest absolute Gasteiger partial charge is 0.146 e. The maximum atomic E-state index is 13.8. The van der Waals surface area contributed by atoms with Gasteiger partial charge in [-0.05, 0) is 75.8 Å². The highest BCUT2D eigenvalue weighted by atomic mass is 32.2. The molecule has 0 spiro atoms. The largest absolute Gasteiger partial charge is 0.598 e. The molecule has 6 heteroatoms. The van der Waals surface area contributed by atoms with Crippen molar-refractivity contribution in [3.8, 4) is 0 Å². The van der Waals surface area contributed by atoms with Crippen LogP contribution in [0.2, 0.25) is 0 Å². The van der Waals surface area contributed by atoms with E-state index in [1.165, 1.54) is 6.07 Å². The van der Waals surface area contributed by atoms with Crippen LogP contribution in [0.5, 0.6) is 0 Å². The van der Waals surface area contributed by atoms with Crippen molar-refractivity contribution < 1.29 is 8.94 Å². The van der Waals surface area contributed by atoms with Crippen LogP contribution in [-0.2, 0) is 16.8 Å². The molecule has 2 aromatic rings. The van der Waals surface area contributed by atoms with Gasteiger partial charge >= 0.3 is 0 Å². The first kappa shape index (κ1) is 20.1. The Morgan fingerprint density at radius 1 is 1.26 bits per heavy atom. The first-order chi connectivity index (χ1) is 12.7. The summed E-state index contributed by atoms with van der Waals surface area (Å²) >= 11 is -1.14. The van der Waals surface area contributed by atoms with Crippen molar-refractivity contribution in [2.24, 2.45) is 5.92 Å². The van der Waals surface area contributed by atoms with E-state index in [1.54, 1.807) is 12.3 Å². The van der Waals surface area contributed by atoms with Crippen LogP contribution in [0.4, 0.5) is 10.1 Å². The van der Waals surface area contributed by atoms with Gasteiger partial charge in [0, 0.05) is 29.5 Å². The molecule has 1 fully saturated rings. The number of anilines is 1. The number of hydrogen-bond acceptors (Lipinski definition) is 4. The van der Waals surface area contributed by atoms with Crippen LogP contribution in [-0.4, -0.2) is 20.8 Å². The SMILES string of the molecule is CC(C)(C)[S+]([O-])NCC[C@](c1ccc(F)c(N)c1)(c1ccccn1)C1CC1. The number of aromatic nitrogens is 1. The summed E-state index contributed by atoms with van der Waals surface area (Å²) in [5.41, 5.74) is 7.62. The summed E-state index contributed by atoms with van der Waals surface area (Å²) in [5.74, 6) is 0.0126. The molecule has 4 nitrogen and oxygen atoms in total. The predicted molar refractivity (Wildman–Crippen MR) is 109 cm³/mol. The third-order valence-corrected chi connectivity index (χ3v) is 6.79. The average molecular weight is 390 g/mol. The van der Waals surface area contributed by atoms with Crippen molar-refractivity contribution in [3.05, 3.63) is 59.7 Å². The Kier molecular flexibility index (Phi) is 5.79. The molecule has 1 aliphatic carbocycles. The Balaban J connectivity index is 1.96. The van der Waals surface area contributed by atoms with Crippen molar-refractivity contribution in [1.29, 1.82) is 0 Å². The van der Waals surface area contributed by atoms with E-state index in [9.17, 15) is 8.94 Å². The third kappa shape index (κ3) is 4.28. The minimum atomic E-state index is -1.14. The normalized spacial score (nSPS) is 18.1. The fourth-order valence-electron chi connectivity index (χ4n) is 3.65. The number of nitrogens with two attached hydrogens (primary N) is 1. The summed E-state index contributed by atoms with van der Waals surface area (Å²) in [5, 5.41) is 0. The average Bonchev–Trinajstić information content (AvgIpc) is 3.46. The van der Waals surface area contributed by atoms with E-state index >= 15 is 0 Å². The Labute approximate surface area is 164 Å². The molecule has 0 saturated heterocycles. The van der Waals surface area contributed by atoms with Crippen LogP contribution in [0, 0.1) is 11.7 Å². The van der Waals surface area contributed by atoms with Crippen molar-refractivity contribution in [1.82, 2.24) is 9.71 Å². The van der Waals surface area contributed by atoms with E-state index in [0.29, 0.717) is 12.5 Å². The van der Waals surface area contributed by atoms with Crippen LogP contribution in [0.15, 0.2) is 42.6 Å². The van der Waals surface area contributed by atoms with Gasteiger partial charge in [-0.1, -0.05) is 12.1 Å². The lowest BCUT2D eigenvalue weighted by Crippen LogP contribution is -2.42. The van der Waals surface area contributed by atoms with Crippen molar-refractivity contribution in [3.63, 3.8) is 0 Å². The number of nitrogen functional groups attached to an aromatic ring is 1. The molecule has 1 heterocycles. The molecule has 1 aliphatic rings. The molecule has 1 unspecified atom stereocenters. The Morgan fingerprint density at radius 2 is 2.00 bits per heavy atom. The first-order valence-corrected chi connectivity index (χ1v) is 10.5. The zero-order chi connectivity index (χ0) is 19.7. The molecule has 0 bridgehead atoms. The van der Waals surface area contributed by atoms with Gasteiger partial charge < -0.3 is 10.3 Å². The number of halogens is 1. The second-order valence-electron chi connectivity index (χ2n) is 8.22. The minimum Gasteiger partial charge on any atom is -0.598 e.